The quantitative estimate of drug-likeness (QED) is 0.582. The van der Waals surface area contributed by atoms with Gasteiger partial charge in [0.25, 0.3) is 0 Å². The Morgan fingerprint density at radius 1 is 0.625 bits per heavy atom. The molecule has 0 bridgehead atoms. The van der Waals surface area contributed by atoms with E-state index in [0.717, 1.165) is 6.42 Å². The molecule has 0 aliphatic heterocycles. The molecule has 0 atom stereocenters. The summed E-state index contributed by atoms with van der Waals surface area (Å²) in [4.78, 5) is 2.33. The molecule has 0 spiro atoms. The van der Waals surface area contributed by atoms with Crippen molar-refractivity contribution in [2.75, 3.05) is 14.1 Å². The SMILES string of the molecule is CN(C)C(C)(C)CC(C)(C)c1ccc(C(C)(C)CC(C)(C)C)cc1. The summed E-state index contributed by atoms with van der Waals surface area (Å²) in [5.41, 5.74) is 3.80. The molecule has 138 valence electrons. The van der Waals surface area contributed by atoms with Gasteiger partial charge in [0.15, 0.2) is 0 Å². The second-order valence-corrected chi connectivity index (χ2v) is 11.0. The Labute approximate surface area is 151 Å². The van der Waals surface area contributed by atoms with Crippen LogP contribution in [0.1, 0.15) is 86.3 Å². The van der Waals surface area contributed by atoms with Gasteiger partial charge in [0, 0.05) is 5.54 Å². The zero-order chi connectivity index (χ0) is 19.0. The van der Waals surface area contributed by atoms with Gasteiger partial charge in [-0.25, -0.2) is 0 Å². The summed E-state index contributed by atoms with van der Waals surface area (Å²) in [5, 5.41) is 0. The van der Waals surface area contributed by atoms with Crippen molar-refractivity contribution in [1.82, 2.24) is 4.90 Å². The lowest BCUT2D eigenvalue weighted by molar-refractivity contribution is 0.150. The van der Waals surface area contributed by atoms with E-state index in [0.29, 0.717) is 5.41 Å². The number of nitrogens with zero attached hydrogens (tertiary/aromatic N) is 1. The minimum absolute atomic E-state index is 0.167. The average molecular weight is 332 g/mol. The van der Waals surface area contributed by atoms with Crippen LogP contribution >= 0.6 is 0 Å². The van der Waals surface area contributed by atoms with Crippen LogP contribution < -0.4 is 0 Å². The third kappa shape index (κ3) is 5.62. The van der Waals surface area contributed by atoms with E-state index in [1.54, 1.807) is 0 Å². The molecule has 0 saturated carbocycles. The predicted molar refractivity (Wildman–Crippen MR) is 109 cm³/mol. The van der Waals surface area contributed by atoms with Crippen LogP contribution in [0.5, 0.6) is 0 Å². The topological polar surface area (TPSA) is 3.24 Å². The van der Waals surface area contributed by atoms with Gasteiger partial charge in [-0.15, -0.1) is 0 Å². The van der Waals surface area contributed by atoms with Crippen LogP contribution in [0.2, 0.25) is 0 Å². The minimum atomic E-state index is 0.167. The van der Waals surface area contributed by atoms with E-state index < -0.39 is 0 Å². The highest BCUT2D eigenvalue weighted by Crippen LogP contribution is 2.38. The molecule has 1 rings (SSSR count). The lowest BCUT2D eigenvalue weighted by atomic mass is 9.70. The summed E-state index contributed by atoms with van der Waals surface area (Å²) >= 11 is 0. The van der Waals surface area contributed by atoms with E-state index >= 15 is 0 Å². The first-order chi connectivity index (χ1) is 10.6. The van der Waals surface area contributed by atoms with Gasteiger partial charge in [-0.2, -0.15) is 0 Å². The molecule has 0 fully saturated rings. The molecule has 1 aromatic rings. The second kappa shape index (κ2) is 6.83. The van der Waals surface area contributed by atoms with E-state index in [2.05, 4.69) is 106 Å². The Bertz CT molecular complexity index is 524. The summed E-state index contributed by atoms with van der Waals surface area (Å²) in [6.45, 7) is 21.1. The molecule has 24 heavy (non-hydrogen) atoms. The van der Waals surface area contributed by atoms with Gasteiger partial charge in [-0.3, -0.25) is 0 Å². The van der Waals surface area contributed by atoms with Crippen molar-refractivity contribution < 1.29 is 0 Å². The number of benzene rings is 1. The molecular weight excluding hydrogens is 290 g/mol. The maximum Gasteiger partial charge on any atom is 0.0155 e. The number of hydrogen-bond acceptors (Lipinski definition) is 1. The van der Waals surface area contributed by atoms with Crippen molar-refractivity contribution in [1.29, 1.82) is 0 Å². The Kier molecular flexibility index (Phi) is 6.04. The van der Waals surface area contributed by atoms with Crippen molar-refractivity contribution in [3.8, 4) is 0 Å². The average Bonchev–Trinajstić information content (AvgIpc) is 2.34. The number of rotatable bonds is 6. The maximum atomic E-state index is 2.37. The van der Waals surface area contributed by atoms with E-state index in [-0.39, 0.29) is 16.4 Å². The van der Waals surface area contributed by atoms with Crippen LogP contribution in [0.4, 0.5) is 0 Å². The first kappa shape index (κ1) is 21.2. The van der Waals surface area contributed by atoms with Gasteiger partial charge in [0.05, 0.1) is 0 Å². The van der Waals surface area contributed by atoms with Gasteiger partial charge >= 0.3 is 0 Å². The molecule has 0 aliphatic rings. The molecular formula is C23H41N. The standard InChI is InChI=1S/C23H41N/c1-20(2,3)16-21(4,5)18-12-14-19(15-13-18)22(6,7)17-23(8,9)24(10)11/h12-15H,16-17H2,1-11H3. The van der Waals surface area contributed by atoms with Crippen molar-refractivity contribution >= 4 is 0 Å². The summed E-state index contributed by atoms with van der Waals surface area (Å²) in [5.74, 6) is 0. The number of hydrogen-bond donors (Lipinski definition) is 0. The monoisotopic (exact) mass is 331 g/mol. The molecule has 1 nitrogen and oxygen atoms in total. The molecule has 0 saturated heterocycles. The molecule has 0 aromatic heterocycles. The van der Waals surface area contributed by atoms with Crippen molar-refractivity contribution in [3.05, 3.63) is 35.4 Å². The third-order valence-electron chi connectivity index (χ3n) is 5.51. The first-order valence-corrected chi connectivity index (χ1v) is 9.35. The maximum absolute atomic E-state index is 2.37. The van der Waals surface area contributed by atoms with Gasteiger partial charge in [-0.1, -0.05) is 72.7 Å². The van der Waals surface area contributed by atoms with Crippen molar-refractivity contribution in [3.63, 3.8) is 0 Å². The Morgan fingerprint density at radius 3 is 1.25 bits per heavy atom. The van der Waals surface area contributed by atoms with E-state index in [4.69, 9.17) is 0 Å². The van der Waals surface area contributed by atoms with Gasteiger partial charge < -0.3 is 4.90 Å². The first-order valence-electron chi connectivity index (χ1n) is 9.35. The van der Waals surface area contributed by atoms with Crippen LogP contribution in [-0.2, 0) is 10.8 Å². The molecule has 0 amide bonds. The smallest absolute Gasteiger partial charge is 0.0155 e. The summed E-state index contributed by atoms with van der Waals surface area (Å²) in [6, 6.07) is 9.41. The molecule has 1 heteroatoms. The van der Waals surface area contributed by atoms with E-state index in [1.165, 1.54) is 17.5 Å². The highest BCUT2D eigenvalue weighted by molar-refractivity contribution is 5.32. The largest absolute Gasteiger partial charge is 0.304 e. The zero-order valence-corrected chi connectivity index (χ0v) is 18.2. The normalized spacial score (nSPS) is 14.3. The lowest BCUT2D eigenvalue weighted by Crippen LogP contribution is -2.43. The predicted octanol–water partition coefficient (Wildman–Crippen LogP) is 6.41. The fourth-order valence-corrected chi connectivity index (χ4v) is 4.14. The van der Waals surface area contributed by atoms with Gasteiger partial charge in [-0.05, 0) is 68.2 Å². The third-order valence-corrected chi connectivity index (χ3v) is 5.51. The van der Waals surface area contributed by atoms with Crippen LogP contribution in [0.3, 0.4) is 0 Å². The summed E-state index contributed by atoms with van der Waals surface area (Å²) in [7, 11) is 4.35. The molecule has 0 aliphatic carbocycles. The fraction of sp³-hybridized carbons (Fsp3) is 0.739. The molecule has 0 unspecified atom stereocenters. The Hall–Kier alpha value is -0.820. The van der Waals surface area contributed by atoms with Crippen molar-refractivity contribution in [2.24, 2.45) is 5.41 Å². The minimum Gasteiger partial charge on any atom is -0.304 e. The van der Waals surface area contributed by atoms with Crippen LogP contribution in [0, 0.1) is 5.41 Å². The zero-order valence-electron chi connectivity index (χ0n) is 18.2. The summed E-state index contributed by atoms with van der Waals surface area (Å²) in [6.07, 6.45) is 2.33. The van der Waals surface area contributed by atoms with Crippen LogP contribution in [-0.4, -0.2) is 24.5 Å². The van der Waals surface area contributed by atoms with Crippen LogP contribution in [0.25, 0.3) is 0 Å². The van der Waals surface area contributed by atoms with E-state index in [1.807, 2.05) is 0 Å². The van der Waals surface area contributed by atoms with Crippen molar-refractivity contribution in [2.45, 2.75) is 91.5 Å². The fourth-order valence-electron chi connectivity index (χ4n) is 4.14. The Balaban J connectivity index is 3.02. The highest BCUT2D eigenvalue weighted by atomic mass is 15.1. The molecule has 0 heterocycles. The lowest BCUT2D eigenvalue weighted by Gasteiger charge is -2.40. The van der Waals surface area contributed by atoms with Gasteiger partial charge in [0.2, 0.25) is 0 Å². The molecule has 1 aromatic carbocycles. The second-order valence-electron chi connectivity index (χ2n) is 11.0. The van der Waals surface area contributed by atoms with Gasteiger partial charge in [0.1, 0.15) is 0 Å². The summed E-state index contributed by atoms with van der Waals surface area (Å²) < 4.78 is 0. The highest BCUT2D eigenvalue weighted by Gasteiger charge is 2.32. The molecule has 0 N–H and O–H groups in total. The molecule has 0 radical (unpaired) electrons. The Morgan fingerprint density at radius 2 is 0.958 bits per heavy atom. The van der Waals surface area contributed by atoms with Crippen LogP contribution in [0.15, 0.2) is 24.3 Å². The van der Waals surface area contributed by atoms with E-state index in [9.17, 15) is 0 Å².